The molecule has 19 heavy (non-hydrogen) atoms. The van der Waals surface area contributed by atoms with Crippen LogP contribution in [0.1, 0.15) is 16.7 Å². The smallest absolute Gasteiger partial charge is 0.138 e. The Hall–Kier alpha value is -1.51. The van der Waals surface area contributed by atoms with Crippen molar-refractivity contribution in [2.45, 2.75) is 20.0 Å². The molecule has 0 radical (unpaired) electrons. The van der Waals surface area contributed by atoms with Gasteiger partial charge in [0.1, 0.15) is 12.4 Å². The first kappa shape index (κ1) is 13.9. The third-order valence-corrected chi connectivity index (χ3v) is 3.30. The lowest BCUT2D eigenvalue weighted by Gasteiger charge is -2.12. The highest BCUT2D eigenvalue weighted by Gasteiger charge is 2.05. The van der Waals surface area contributed by atoms with Crippen LogP contribution >= 0.6 is 11.6 Å². The van der Waals surface area contributed by atoms with Gasteiger partial charge in [0.2, 0.25) is 0 Å². The van der Waals surface area contributed by atoms with Crippen LogP contribution < -0.4 is 10.5 Å². The van der Waals surface area contributed by atoms with Crippen LogP contribution in [0.2, 0.25) is 5.02 Å². The highest BCUT2D eigenvalue weighted by Crippen LogP contribution is 2.26. The van der Waals surface area contributed by atoms with Crippen molar-refractivity contribution in [1.29, 1.82) is 0 Å². The zero-order chi connectivity index (χ0) is 13.7. The molecule has 2 N–H and O–H groups in total. The van der Waals surface area contributed by atoms with Crippen molar-refractivity contribution >= 4 is 11.6 Å². The molecule has 0 saturated carbocycles. The van der Waals surface area contributed by atoms with Crippen LogP contribution in [0, 0.1) is 6.92 Å². The second-order valence-electron chi connectivity index (χ2n) is 4.53. The molecule has 0 aliphatic heterocycles. The van der Waals surface area contributed by atoms with E-state index in [4.69, 9.17) is 22.1 Å². The molecule has 0 aliphatic rings. The van der Waals surface area contributed by atoms with Crippen molar-refractivity contribution < 1.29 is 4.74 Å². The molecule has 0 amide bonds. The van der Waals surface area contributed by atoms with Gasteiger partial charge in [-0.3, -0.25) is 0 Å². The Morgan fingerprint density at radius 2 is 1.84 bits per heavy atom. The van der Waals surface area contributed by atoms with E-state index < -0.39 is 0 Å². The van der Waals surface area contributed by atoms with Crippen LogP contribution in [0.4, 0.5) is 0 Å². The van der Waals surface area contributed by atoms with Gasteiger partial charge in [-0.05, 0) is 48.7 Å². The Labute approximate surface area is 119 Å². The summed E-state index contributed by atoms with van der Waals surface area (Å²) in [7, 11) is 0. The average molecular weight is 276 g/mol. The summed E-state index contributed by atoms with van der Waals surface area (Å²) >= 11 is 6.15. The third kappa shape index (κ3) is 3.72. The number of hydrogen-bond acceptors (Lipinski definition) is 2. The Bertz CT molecular complexity index is 554. The molecule has 0 fully saturated rings. The van der Waals surface area contributed by atoms with E-state index in [9.17, 15) is 0 Å². The largest absolute Gasteiger partial charge is 0.487 e. The summed E-state index contributed by atoms with van der Waals surface area (Å²) < 4.78 is 5.79. The summed E-state index contributed by atoms with van der Waals surface area (Å²) in [5.41, 5.74) is 9.13. The van der Waals surface area contributed by atoms with Crippen LogP contribution in [0.5, 0.6) is 5.75 Å². The minimum absolute atomic E-state index is 0.513. The first-order valence-corrected chi connectivity index (χ1v) is 6.74. The van der Waals surface area contributed by atoms with Gasteiger partial charge in [-0.15, -0.1) is 0 Å². The summed E-state index contributed by atoms with van der Waals surface area (Å²) in [6, 6.07) is 14.0. The molecule has 2 rings (SSSR count). The Balaban J connectivity index is 2.10. The third-order valence-electron chi connectivity index (χ3n) is 3.00. The Morgan fingerprint density at radius 3 is 2.53 bits per heavy atom. The molecule has 0 spiro atoms. The molecule has 0 atom stereocenters. The molecule has 2 nitrogen and oxygen atoms in total. The second kappa shape index (κ2) is 6.60. The summed E-state index contributed by atoms with van der Waals surface area (Å²) in [6.07, 6.45) is 0.862. The molecule has 0 bridgehead atoms. The molecule has 100 valence electrons. The average Bonchev–Trinajstić information content (AvgIpc) is 2.40. The molecule has 0 aliphatic carbocycles. The summed E-state index contributed by atoms with van der Waals surface area (Å²) in [6.45, 7) is 3.16. The quantitative estimate of drug-likeness (QED) is 0.902. The fraction of sp³-hybridized carbons (Fsp3) is 0.250. The molecule has 0 unspecified atom stereocenters. The van der Waals surface area contributed by atoms with Gasteiger partial charge in [0.25, 0.3) is 0 Å². The minimum atomic E-state index is 0.513. The maximum Gasteiger partial charge on any atom is 0.138 e. The van der Waals surface area contributed by atoms with Gasteiger partial charge in [-0.25, -0.2) is 0 Å². The molecule has 0 aromatic heterocycles. The highest BCUT2D eigenvalue weighted by atomic mass is 35.5. The summed E-state index contributed by atoms with van der Waals surface area (Å²) in [5.74, 6) is 0.717. The lowest BCUT2D eigenvalue weighted by molar-refractivity contribution is 0.305. The maximum atomic E-state index is 6.15. The van der Waals surface area contributed by atoms with Crippen LogP contribution in [0.25, 0.3) is 0 Å². The minimum Gasteiger partial charge on any atom is -0.487 e. The van der Waals surface area contributed by atoms with Crippen molar-refractivity contribution in [2.24, 2.45) is 5.73 Å². The van der Waals surface area contributed by atoms with E-state index in [1.54, 1.807) is 0 Å². The molecule has 0 saturated heterocycles. The van der Waals surface area contributed by atoms with Gasteiger partial charge in [-0.1, -0.05) is 41.9 Å². The van der Waals surface area contributed by atoms with E-state index in [2.05, 4.69) is 12.1 Å². The van der Waals surface area contributed by atoms with E-state index in [1.807, 2.05) is 37.3 Å². The van der Waals surface area contributed by atoms with Gasteiger partial charge >= 0.3 is 0 Å². The summed E-state index contributed by atoms with van der Waals surface area (Å²) in [5, 5.41) is 0.649. The number of aryl methyl sites for hydroxylation is 1. The predicted molar refractivity (Wildman–Crippen MR) is 79.7 cm³/mol. The number of rotatable bonds is 5. The Kier molecular flexibility index (Phi) is 4.83. The fourth-order valence-corrected chi connectivity index (χ4v) is 2.27. The van der Waals surface area contributed by atoms with Gasteiger partial charge in [0.15, 0.2) is 0 Å². The number of benzene rings is 2. The van der Waals surface area contributed by atoms with Crippen LogP contribution in [0.3, 0.4) is 0 Å². The first-order valence-electron chi connectivity index (χ1n) is 6.36. The topological polar surface area (TPSA) is 35.2 Å². The number of hydrogen-bond donors (Lipinski definition) is 1. The van der Waals surface area contributed by atoms with Gasteiger partial charge < -0.3 is 10.5 Å². The number of nitrogens with two attached hydrogens (primary N) is 1. The number of halogens is 1. The molecule has 2 aromatic rings. The van der Waals surface area contributed by atoms with Crippen molar-refractivity contribution in [2.75, 3.05) is 6.54 Å². The predicted octanol–water partition coefficient (Wildman–Crippen LogP) is 3.73. The summed E-state index contributed by atoms with van der Waals surface area (Å²) in [4.78, 5) is 0. The molecule has 2 aromatic carbocycles. The lowest BCUT2D eigenvalue weighted by atomic mass is 10.1. The lowest BCUT2D eigenvalue weighted by Crippen LogP contribution is -2.07. The van der Waals surface area contributed by atoms with Crippen molar-refractivity contribution in [3.05, 3.63) is 64.2 Å². The van der Waals surface area contributed by atoms with Crippen LogP contribution in [0.15, 0.2) is 42.5 Å². The normalized spacial score (nSPS) is 10.5. The fourth-order valence-electron chi connectivity index (χ4n) is 1.98. The van der Waals surface area contributed by atoms with Crippen LogP contribution in [-0.2, 0) is 13.0 Å². The molecular weight excluding hydrogens is 258 g/mol. The van der Waals surface area contributed by atoms with Crippen LogP contribution in [-0.4, -0.2) is 6.54 Å². The van der Waals surface area contributed by atoms with Crippen molar-refractivity contribution in [3.8, 4) is 5.75 Å². The standard InChI is InChI=1S/C16H18ClNO/c1-12-6-7-16(15(17)10-12)19-11-14-5-3-2-4-13(14)8-9-18/h2-7,10H,8-9,11,18H2,1H3. The van der Waals surface area contributed by atoms with Crippen molar-refractivity contribution in [3.63, 3.8) is 0 Å². The molecule has 0 heterocycles. The van der Waals surface area contributed by atoms with E-state index in [0.29, 0.717) is 18.2 Å². The zero-order valence-electron chi connectivity index (χ0n) is 11.0. The molecule has 3 heteroatoms. The van der Waals surface area contributed by atoms with E-state index in [-0.39, 0.29) is 0 Å². The maximum absolute atomic E-state index is 6.15. The highest BCUT2D eigenvalue weighted by molar-refractivity contribution is 6.32. The van der Waals surface area contributed by atoms with E-state index in [1.165, 1.54) is 5.56 Å². The van der Waals surface area contributed by atoms with Crippen molar-refractivity contribution in [1.82, 2.24) is 0 Å². The Morgan fingerprint density at radius 1 is 1.11 bits per heavy atom. The van der Waals surface area contributed by atoms with E-state index in [0.717, 1.165) is 23.3 Å². The monoisotopic (exact) mass is 275 g/mol. The van der Waals surface area contributed by atoms with Gasteiger partial charge in [0.05, 0.1) is 5.02 Å². The molecular formula is C16H18ClNO. The van der Waals surface area contributed by atoms with Gasteiger partial charge in [-0.2, -0.15) is 0 Å². The van der Waals surface area contributed by atoms with E-state index >= 15 is 0 Å². The zero-order valence-corrected chi connectivity index (χ0v) is 11.8. The SMILES string of the molecule is Cc1ccc(OCc2ccccc2CCN)c(Cl)c1. The first-order chi connectivity index (χ1) is 9.20. The van der Waals surface area contributed by atoms with Gasteiger partial charge in [0, 0.05) is 0 Å². The number of ether oxygens (including phenoxy) is 1. The second-order valence-corrected chi connectivity index (χ2v) is 4.94.